The van der Waals surface area contributed by atoms with Crippen LogP contribution in [0.4, 0.5) is 4.79 Å². The minimum absolute atomic E-state index is 0.114. The topological polar surface area (TPSA) is 152 Å². The number of ether oxygens (including phenoxy) is 3. The second-order valence-corrected chi connectivity index (χ2v) is 12.8. The third-order valence-electron chi connectivity index (χ3n) is 6.49. The summed E-state index contributed by atoms with van der Waals surface area (Å²) < 4.78 is 35.0. The molecule has 35 heavy (non-hydrogen) atoms. The molecule has 4 rings (SSSR count). The predicted molar refractivity (Wildman–Crippen MR) is 124 cm³/mol. The van der Waals surface area contributed by atoms with E-state index >= 15 is 0 Å². The van der Waals surface area contributed by atoms with Crippen LogP contribution >= 0.6 is 7.59 Å². The summed E-state index contributed by atoms with van der Waals surface area (Å²) in [6.07, 6.45) is -1.92. The van der Waals surface area contributed by atoms with Gasteiger partial charge in [0.2, 0.25) is 0 Å². The molecular weight excluding hydrogens is 481 g/mol. The lowest BCUT2D eigenvalue weighted by Gasteiger charge is -2.26. The highest BCUT2D eigenvalue weighted by atomic mass is 31.2. The first-order chi connectivity index (χ1) is 16.1. The van der Waals surface area contributed by atoms with Crippen molar-refractivity contribution in [2.75, 3.05) is 19.7 Å². The Labute approximate surface area is 202 Å². The molecule has 1 aromatic heterocycles. The first-order valence-electron chi connectivity index (χ1n) is 11.4. The molecule has 194 valence electrons. The Morgan fingerprint density at radius 2 is 1.77 bits per heavy atom. The highest BCUT2D eigenvalue weighted by Gasteiger charge is 2.65. The van der Waals surface area contributed by atoms with Crippen LogP contribution in [0.1, 0.15) is 52.8 Å². The van der Waals surface area contributed by atoms with Gasteiger partial charge in [0.15, 0.2) is 0 Å². The molecule has 0 aliphatic carbocycles. The molecule has 1 amide bonds. The molecule has 3 aliphatic rings. The van der Waals surface area contributed by atoms with Gasteiger partial charge in [0, 0.05) is 49.3 Å². The van der Waals surface area contributed by atoms with Crippen LogP contribution in [0.5, 0.6) is 0 Å². The Bertz CT molecular complexity index is 1180. The van der Waals surface area contributed by atoms with Crippen molar-refractivity contribution < 1.29 is 28.4 Å². The Balaban J connectivity index is 1.44. The average molecular weight is 513 g/mol. The number of nitrogens with zero attached hydrogens (tertiary/aromatic N) is 3. The monoisotopic (exact) mass is 513 g/mol. The zero-order valence-corrected chi connectivity index (χ0v) is 21.6. The third-order valence-corrected chi connectivity index (χ3v) is 9.64. The number of esters is 1. The zero-order valence-electron chi connectivity index (χ0n) is 20.7. The maximum absolute atomic E-state index is 13.8. The first-order valence-corrected chi connectivity index (χ1v) is 13.0. The highest BCUT2D eigenvalue weighted by Crippen LogP contribution is 2.67. The summed E-state index contributed by atoms with van der Waals surface area (Å²) in [5.41, 5.74) is -1.47. The standard InChI is InChI=1S/C21H32N5O8P/c1-12-8-24(18(29)22-17(12)28)16-7-14(33-13(2)27)15(34-16)9-32-19(30)23-35(31,25-10-20(25,3)4)26-11-21(26,5)6/h8,14-16H,7,9-11H2,1-6H3,(H,22,28,29)(H,23,30,31)/t14-,15+,16+,25?,26?,35?/m0/s1. The van der Waals surface area contributed by atoms with E-state index in [4.69, 9.17) is 14.2 Å². The van der Waals surface area contributed by atoms with E-state index in [9.17, 15) is 23.7 Å². The van der Waals surface area contributed by atoms with Crippen molar-refractivity contribution in [2.24, 2.45) is 0 Å². The minimum Gasteiger partial charge on any atom is -0.459 e. The van der Waals surface area contributed by atoms with Crippen molar-refractivity contribution in [3.8, 4) is 0 Å². The van der Waals surface area contributed by atoms with Gasteiger partial charge in [-0.15, -0.1) is 0 Å². The van der Waals surface area contributed by atoms with Crippen LogP contribution in [-0.2, 0) is 23.6 Å². The average Bonchev–Trinajstić information content (AvgIpc) is 3.52. The van der Waals surface area contributed by atoms with Crippen molar-refractivity contribution >= 4 is 19.7 Å². The maximum Gasteiger partial charge on any atom is 0.414 e. The second-order valence-electron chi connectivity index (χ2n) is 10.5. The van der Waals surface area contributed by atoms with Gasteiger partial charge in [-0.2, -0.15) is 0 Å². The molecule has 0 saturated carbocycles. The molecule has 14 heteroatoms. The third kappa shape index (κ3) is 5.09. The predicted octanol–water partition coefficient (Wildman–Crippen LogP) is 1.09. The quantitative estimate of drug-likeness (QED) is 0.308. The maximum atomic E-state index is 13.8. The molecular formula is C21H32N5O8P. The Morgan fingerprint density at radius 3 is 2.29 bits per heavy atom. The number of rotatable bonds is 7. The first kappa shape index (κ1) is 25.6. The number of hydrogen-bond acceptors (Lipinski definition) is 8. The van der Waals surface area contributed by atoms with Gasteiger partial charge in [0.05, 0.1) is 0 Å². The number of H-pyrrole nitrogens is 1. The summed E-state index contributed by atoms with van der Waals surface area (Å²) in [7, 11) is -3.38. The summed E-state index contributed by atoms with van der Waals surface area (Å²) >= 11 is 0. The van der Waals surface area contributed by atoms with E-state index in [-0.39, 0.29) is 24.1 Å². The normalized spacial score (nSPS) is 31.8. The number of carbonyl (C=O) groups excluding carboxylic acids is 2. The van der Waals surface area contributed by atoms with Crippen LogP contribution in [0.3, 0.4) is 0 Å². The van der Waals surface area contributed by atoms with E-state index in [1.54, 1.807) is 16.3 Å². The molecule has 2 N–H and O–H groups in total. The molecule has 0 aromatic carbocycles. The molecule has 13 nitrogen and oxygen atoms in total. The fraction of sp³-hybridized carbons (Fsp3) is 0.714. The number of carbonyl (C=O) groups is 2. The molecule has 2 unspecified atom stereocenters. The summed E-state index contributed by atoms with van der Waals surface area (Å²) in [4.78, 5) is 50.5. The number of hydrogen-bond donors (Lipinski definition) is 2. The van der Waals surface area contributed by atoms with Crippen LogP contribution in [0.2, 0.25) is 0 Å². The molecule has 3 saturated heterocycles. The van der Waals surface area contributed by atoms with Crippen molar-refractivity contribution in [3.05, 3.63) is 32.6 Å². The lowest BCUT2D eigenvalue weighted by Crippen LogP contribution is -2.36. The van der Waals surface area contributed by atoms with Crippen molar-refractivity contribution in [1.82, 2.24) is 24.0 Å². The molecule has 0 spiro atoms. The molecule has 1 aromatic rings. The summed E-state index contributed by atoms with van der Waals surface area (Å²) in [5, 5.41) is 2.56. The smallest absolute Gasteiger partial charge is 0.414 e. The van der Waals surface area contributed by atoms with Gasteiger partial charge in [0.25, 0.3) is 5.56 Å². The summed E-state index contributed by atoms with van der Waals surface area (Å²) in [6.45, 7) is 11.4. The fourth-order valence-corrected chi connectivity index (χ4v) is 7.65. The van der Waals surface area contributed by atoms with Crippen LogP contribution in [0.15, 0.2) is 15.8 Å². The lowest BCUT2D eigenvalue weighted by atomic mass is 10.2. The summed E-state index contributed by atoms with van der Waals surface area (Å²) in [5.74, 6) is -0.560. The van der Waals surface area contributed by atoms with Gasteiger partial charge in [-0.3, -0.25) is 23.7 Å². The zero-order chi connectivity index (χ0) is 25.9. The van der Waals surface area contributed by atoms with Crippen LogP contribution in [0, 0.1) is 6.92 Å². The SMILES string of the molecule is CC(=O)O[C@H]1C[C@H](n2cc(C)c(=O)[nH]c2=O)O[C@@H]1COC(=O)NP(=O)(N1CC1(C)C)N1CC1(C)C. The number of nitrogens with one attached hydrogen (secondary N) is 2. The number of aromatic nitrogens is 2. The Kier molecular flexibility index (Phi) is 6.28. The highest BCUT2D eigenvalue weighted by molar-refractivity contribution is 7.58. The Hall–Kier alpha value is -2.47. The Morgan fingerprint density at radius 1 is 1.20 bits per heavy atom. The lowest BCUT2D eigenvalue weighted by molar-refractivity contribution is -0.150. The van der Waals surface area contributed by atoms with E-state index in [1.165, 1.54) is 17.7 Å². The molecule has 3 aliphatic heterocycles. The van der Waals surface area contributed by atoms with E-state index in [0.29, 0.717) is 18.7 Å². The van der Waals surface area contributed by atoms with Gasteiger partial charge in [0.1, 0.15) is 25.0 Å². The van der Waals surface area contributed by atoms with Crippen molar-refractivity contribution in [3.63, 3.8) is 0 Å². The van der Waals surface area contributed by atoms with E-state index < -0.39 is 49.3 Å². The molecule has 5 atom stereocenters. The fourth-order valence-electron chi connectivity index (χ4n) is 4.31. The number of amides is 1. The minimum atomic E-state index is -3.38. The van der Waals surface area contributed by atoms with Gasteiger partial charge in [-0.05, 0) is 34.6 Å². The van der Waals surface area contributed by atoms with Gasteiger partial charge in [-0.1, -0.05) is 0 Å². The van der Waals surface area contributed by atoms with Crippen LogP contribution in [0.25, 0.3) is 0 Å². The van der Waals surface area contributed by atoms with E-state index in [2.05, 4.69) is 10.1 Å². The van der Waals surface area contributed by atoms with Gasteiger partial charge < -0.3 is 14.2 Å². The van der Waals surface area contributed by atoms with Crippen molar-refractivity contribution in [1.29, 1.82) is 0 Å². The molecule has 0 bridgehead atoms. The number of aromatic amines is 1. The summed E-state index contributed by atoms with van der Waals surface area (Å²) in [6, 6.07) is 0. The van der Waals surface area contributed by atoms with Gasteiger partial charge in [-0.25, -0.2) is 24.0 Å². The largest absolute Gasteiger partial charge is 0.459 e. The van der Waals surface area contributed by atoms with Gasteiger partial charge >= 0.3 is 25.3 Å². The number of aryl methyl sites for hydroxylation is 1. The van der Waals surface area contributed by atoms with Crippen LogP contribution in [-0.4, -0.2) is 73.9 Å². The molecule has 0 radical (unpaired) electrons. The molecule has 3 fully saturated rings. The van der Waals surface area contributed by atoms with E-state index in [1.807, 2.05) is 27.7 Å². The molecule has 4 heterocycles. The van der Waals surface area contributed by atoms with Crippen LogP contribution < -0.4 is 16.3 Å². The van der Waals surface area contributed by atoms with Crippen molar-refractivity contribution in [2.45, 2.75) is 77.5 Å². The van der Waals surface area contributed by atoms with E-state index in [0.717, 1.165) is 0 Å². The second kappa shape index (κ2) is 8.58.